The number of para-hydroxylation sites is 6. The van der Waals surface area contributed by atoms with Crippen LogP contribution in [0.1, 0.15) is 0 Å². The van der Waals surface area contributed by atoms with Gasteiger partial charge in [0.2, 0.25) is 11.6 Å². The van der Waals surface area contributed by atoms with Gasteiger partial charge < -0.3 is 5.73 Å². The van der Waals surface area contributed by atoms with E-state index in [4.69, 9.17) is 15.7 Å². The van der Waals surface area contributed by atoms with Crippen LogP contribution in [0.2, 0.25) is 0 Å². The average Bonchev–Trinajstić information content (AvgIpc) is 3.61. The van der Waals surface area contributed by atoms with Crippen molar-refractivity contribution in [2.75, 3.05) is 5.73 Å². The molecule has 0 spiro atoms. The normalized spacial score (nSPS) is 11.7. The monoisotopic (exact) mass is 566 g/mol. The van der Waals surface area contributed by atoms with Crippen LogP contribution in [-0.2, 0) is 0 Å². The quantitative estimate of drug-likeness (QED) is 0.218. The third kappa shape index (κ3) is 3.68. The van der Waals surface area contributed by atoms with E-state index in [0.29, 0.717) is 0 Å². The Bertz CT molecular complexity index is 2420. The lowest BCUT2D eigenvalue weighted by Gasteiger charge is -2.09. The van der Waals surface area contributed by atoms with Crippen molar-refractivity contribution in [2.45, 2.75) is 0 Å². The van der Waals surface area contributed by atoms with Gasteiger partial charge in [0.15, 0.2) is 0 Å². The van der Waals surface area contributed by atoms with Crippen molar-refractivity contribution < 1.29 is 0 Å². The largest absolute Gasteiger partial charge is 0.399 e. The molecular formula is C38H26N6. The molecule has 9 rings (SSSR count). The summed E-state index contributed by atoms with van der Waals surface area (Å²) < 4.78 is 6.67. The maximum absolute atomic E-state index is 5.88. The van der Waals surface area contributed by atoms with Gasteiger partial charge in [0.05, 0.1) is 38.8 Å². The maximum atomic E-state index is 5.88. The number of hydrogen-bond acceptors (Lipinski definition) is 3. The molecular weight excluding hydrogens is 540 g/mol. The van der Waals surface area contributed by atoms with Crippen molar-refractivity contribution in [3.8, 4) is 27.9 Å². The van der Waals surface area contributed by atoms with Crippen molar-refractivity contribution >= 4 is 50.3 Å². The smallest absolute Gasteiger partial charge is 0.223 e. The van der Waals surface area contributed by atoms with E-state index in [0.717, 1.165) is 78.3 Å². The second-order valence-electron chi connectivity index (χ2n) is 11.0. The minimum Gasteiger partial charge on any atom is -0.399 e. The summed E-state index contributed by atoms with van der Waals surface area (Å²) in [6, 6.07) is 50.4. The lowest BCUT2D eigenvalue weighted by molar-refractivity contribution is 1.03. The zero-order chi connectivity index (χ0) is 29.2. The lowest BCUT2D eigenvalue weighted by Crippen LogP contribution is -2.02. The SMILES string of the molecule is Nc1ccc(-c2ccc(-c3ccc(-n4c5nc6ccccc6n5c5ccccc5n5c6ccccc6nc45)cc3)cc2)cc1. The Labute approximate surface area is 252 Å². The minimum absolute atomic E-state index is 0.768. The Kier molecular flexibility index (Phi) is 5.25. The molecule has 0 bridgehead atoms. The highest BCUT2D eigenvalue weighted by Gasteiger charge is 2.18. The molecule has 0 saturated carbocycles. The van der Waals surface area contributed by atoms with Gasteiger partial charge in [0, 0.05) is 5.69 Å². The summed E-state index contributed by atoms with van der Waals surface area (Å²) in [6.45, 7) is 0. The number of hydrogen-bond donors (Lipinski definition) is 1. The zero-order valence-corrected chi connectivity index (χ0v) is 23.7. The number of aromatic nitrogens is 5. The molecule has 0 aliphatic carbocycles. The molecule has 0 saturated heterocycles. The van der Waals surface area contributed by atoms with Gasteiger partial charge in [0.1, 0.15) is 0 Å². The first kappa shape index (κ1) is 24.5. The summed E-state index contributed by atoms with van der Waals surface area (Å²) >= 11 is 0. The molecule has 6 aromatic carbocycles. The van der Waals surface area contributed by atoms with Crippen LogP contribution in [0.4, 0.5) is 5.69 Å². The predicted molar refractivity (Wildman–Crippen MR) is 180 cm³/mol. The van der Waals surface area contributed by atoms with Gasteiger partial charge >= 0.3 is 0 Å². The van der Waals surface area contributed by atoms with Crippen LogP contribution in [0.3, 0.4) is 0 Å². The molecule has 0 radical (unpaired) electrons. The van der Waals surface area contributed by atoms with Gasteiger partial charge in [-0.2, -0.15) is 0 Å². The minimum atomic E-state index is 0.768. The highest BCUT2D eigenvalue weighted by atomic mass is 15.3. The van der Waals surface area contributed by atoms with Crippen molar-refractivity contribution in [3.05, 3.63) is 146 Å². The Morgan fingerprint density at radius 2 is 0.750 bits per heavy atom. The first-order chi connectivity index (χ1) is 21.7. The van der Waals surface area contributed by atoms with E-state index in [-0.39, 0.29) is 0 Å². The topological polar surface area (TPSA) is 65.5 Å². The van der Waals surface area contributed by atoms with E-state index in [1.807, 2.05) is 24.3 Å². The number of anilines is 1. The Balaban J connectivity index is 1.29. The molecule has 0 fully saturated rings. The summed E-state index contributed by atoms with van der Waals surface area (Å²) in [5.41, 5.74) is 18.3. The fourth-order valence-corrected chi connectivity index (χ4v) is 6.30. The lowest BCUT2D eigenvalue weighted by atomic mass is 10.00. The highest BCUT2D eigenvalue weighted by Crippen LogP contribution is 2.31. The standard InChI is InChI=1S/C38H26N6/c39-29-21-17-27(18-22-29)25-13-15-26(16-14-25)28-19-23-30(24-20-28)42-37-40-31-7-1-3-9-33(31)43(37)35-11-5-6-12-36(35)44-34-10-4-2-8-32(34)41-38(42)44/h1-24H,39H2. The molecule has 0 aliphatic heterocycles. The Hall–Kier alpha value is -6.14. The van der Waals surface area contributed by atoms with Gasteiger partial charge in [-0.05, 0) is 82.9 Å². The average molecular weight is 567 g/mol. The predicted octanol–water partition coefficient (Wildman–Crippen LogP) is 8.71. The van der Waals surface area contributed by atoms with Crippen molar-refractivity contribution in [2.24, 2.45) is 0 Å². The van der Waals surface area contributed by atoms with E-state index < -0.39 is 0 Å². The summed E-state index contributed by atoms with van der Waals surface area (Å²) in [5, 5.41) is 0. The third-order valence-electron chi connectivity index (χ3n) is 8.44. The number of rotatable bonds is 3. The molecule has 208 valence electrons. The van der Waals surface area contributed by atoms with E-state index >= 15 is 0 Å². The van der Waals surface area contributed by atoms with Gasteiger partial charge in [-0.15, -0.1) is 0 Å². The van der Waals surface area contributed by atoms with Crippen LogP contribution >= 0.6 is 0 Å². The number of imidazole rings is 2. The molecule has 44 heavy (non-hydrogen) atoms. The molecule has 0 aliphatic rings. The molecule has 6 nitrogen and oxygen atoms in total. The maximum Gasteiger partial charge on any atom is 0.223 e. The molecule has 3 aromatic heterocycles. The summed E-state index contributed by atoms with van der Waals surface area (Å²) in [4.78, 5) is 10.4. The zero-order valence-electron chi connectivity index (χ0n) is 23.7. The van der Waals surface area contributed by atoms with Gasteiger partial charge in [-0.3, -0.25) is 8.80 Å². The molecule has 6 heteroatoms. The van der Waals surface area contributed by atoms with Crippen molar-refractivity contribution in [3.63, 3.8) is 0 Å². The van der Waals surface area contributed by atoms with Crippen LogP contribution in [-0.4, -0.2) is 23.3 Å². The van der Waals surface area contributed by atoms with Crippen LogP contribution in [0.15, 0.2) is 146 Å². The Morgan fingerprint density at radius 1 is 0.386 bits per heavy atom. The highest BCUT2D eigenvalue weighted by molar-refractivity contribution is 5.93. The molecule has 2 N–H and O–H groups in total. The molecule has 0 unspecified atom stereocenters. The van der Waals surface area contributed by atoms with Crippen LogP contribution in [0.25, 0.3) is 72.6 Å². The van der Waals surface area contributed by atoms with Gasteiger partial charge in [-0.25, -0.2) is 14.5 Å². The fraction of sp³-hybridized carbons (Fsp3) is 0. The summed E-state index contributed by atoms with van der Waals surface area (Å²) in [5.74, 6) is 1.60. The molecule has 9 aromatic rings. The molecule has 0 atom stereocenters. The first-order valence-corrected chi connectivity index (χ1v) is 14.6. The first-order valence-electron chi connectivity index (χ1n) is 14.6. The van der Waals surface area contributed by atoms with E-state index in [1.54, 1.807) is 0 Å². The number of benzene rings is 6. The summed E-state index contributed by atoms with van der Waals surface area (Å²) in [6.07, 6.45) is 0. The van der Waals surface area contributed by atoms with Gasteiger partial charge in [0.25, 0.3) is 0 Å². The molecule has 3 heterocycles. The number of nitrogen functional groups attached to an aromatic ring is 1. The van der Waals surface area contributed by atoms with Gasteiger partial charge in [-0.1, -0.05) is 84.9 Å². The third-order valence-corrected chi connectivity index (χ3v) is 8.44. The van der Waals surface area contributed by atoms with Crippen LogP contribution in [0.5, 0.6) is 0 Å². The van der Waals surface area contributed by atoms with E-state index in [1.165, 1.54) is 0 Å². The fourth-order valence-electron chi connectivity index (χ4n) is 6.30. The summed E-state index contributed by atoms with van der Waals surface area (Å²) in [7, 11) is 0. The van der Waals surface area contributed by atoms with Crippen LogP contribution in [0, 0.1) is 0 Å². The van der Waals surface area contributed by atoms with E-state index in [2.05, 4.69) is 135 Å². The van der Waals surface area contributed by atoms with Crippen molar-refractivity contribution in [1.82, 2.24) is 23.3 Å². The number of nitrogens with zero attached hydrogens (tertiary/aromatic N) is 5. The van der Waals surface area contributed by atoms with Crippen LogP contribution < -0.4 is 5.73 Å². The van der Waals surface area contributed by atoms with E-state index in [9.17, 15) is 0 Å². The Morgan fingerprint density at radius 3 is 1.20 bits per heavy atom. The second kappa shape index (κ2) is 9.44. The van der Waals surface area contributed by atoms with Crippen molar-refractivity contribution in [1.29, 1.82) is 0 Å². The number of nitrogens with two attached hydrogens (primary N) is 1. The number of fused-ring (bicyclic) bond motifs is 9. The molecule has 0 amide bonds. The second-order valence-corrected chi connectivity index (χ2v) is 11.0.